The Hall–Kier alpha value is -0.240. The van der Waals surface area contributed by atoms with Crippen molar-refractivity contribution in [1.29, 1.82) is 0 Å². The van der Waals surface area contributed by atoms with E-state index in [1.54, 1.807) is 31.7 Å². The number of thioether (sulfide) groups is 1. The normalized spacial score (nSPS) is 12.4. The van der Waals surface area contributed by atoms with E-state index in [-0.39, 0.29) is 12.8 Å². The second-order valence-corrected chi connectivity index (χ2v) is 11.2. The lowest BCUT2D eigenvalue weighted by Crippen LogP contribution is -2.26. The molecule has 2 rings (SSSR count). The highest BCUT2D eigenvalue weighted by molar-refractivity contribution is 9.10. The summed E-state index contributed by atoms with van der Waals surface area (Å²) in [5, 5.41) is -1.42. The van der Waals surface area contributed by atoms with E-state index < -0.39 is 12.8 Å². The topological polar surface area (TPSA) is 35.5 Å². The molecule has 0 atom stereocenters. The Morgan fingerprint density at radius 1 is 0.964 bits per heavy atom. The summed E-state index contributed by atoms with van der Waals surface area (Å²) in [6.07, 6.45) is 0.371. The van der Waals surface area contributed by atoms with Gasteiger partial charge < -0.3 is 0 Å². The van der Waals surface area contributed by atoms with Crippen molar-refractivity contribution in [2.24, 2.45) is 0 Å². The van der Waals surface area contributed by atoms with Crippen molar-refractivity contribution in [1.82, 2.24) is 0 Å². The van der Waals surface area contributed by atoms with Crippen LogP contribution in [0.25, 0.3) is 0 Å². The van der Waals surface area contributed by atoms with Crippen LogP contribution in [0, 0.1) is 0 Å². The smallest absolute Gasteiger partial charge is 0.254 e. The van der Waals surface area contributed by atoms with Crippen LogP contribution in [0.2, 0.25) is 0 Å². The van der Waals surface area contributed by atoms with Gasteiger partial charge in [0.1, 0.15) is 5.16 Å². The number of rotatable bonds is 10. The Balaban J connectivity index is 2.20. The molecule has 2 aromatic carbocycles. The standard InChI is InChI=1S/C19H21Br2F2O3PS/c1-3-19(4-2,27(24,25-22)26-23)17-10-7-15(11-18(17)21)13-28-12-14-5-8-16(20)9-6-14/h5-11H,3-4,12-13H2,1-2H3. The van der Waals surface area contributed by atoms with Crippen molar-refractivity contribution >= 4 is 51.2 Å². The van der Waals surface area contributed by atoms with Gasteiger partial charge in [-0.3, -0.25) is 4.57 Å². The number of halogens is 4. The van der Waals surface area contributed by atoms with Gasteiger partial charge >= 0.3 is 7.60 Å². The number of benzene rings is 2. The molecule has 9 heteroatoms. The van der Waals surface area contributed by atoms with Crippen molar-refractivity contribution in [3.05, 3.63) is 68.1 Å². The molecule has 154 valence electrons. The molecule has 0 radical (unpaired) electrons. The summed E-state index contributed by atoms with van der Waals surface area (Å²) >= 11 is 8.64. The van der Waals surface area contributed by atoms with E-state index in [0.717, 1.165) is 21.5 Å². The summed E-state index contributed by atoms with van der Waals surface area (Å²) in [5.41, 5.74) is 2.76. The highest BCUT2D eigenvalue weighted by atomic mass is 79.9. The minimum atomic E-state index is -4.62. The third-order valence-corrected chi connectivity index (χ3v) is 9.41. The lowest BCUT2D eigenvalue weighted by Gasteiger charge is -2.34. The summed E-state index contributed by atoms with van der Waals surface area (Å²) in [7, 11) is -4.62. The molecule has 0 aromatic heterocycles. The van der Waals surface area contributed by atoms with Gasteiger partial charge in [-0.25, -0.2) is 0 Å². The van der Waals surface area contributed by atoms with Crippen LogP contribution >= 0.6 is 51.2 Å². The Morgan fingerprint density at radius 3 is 2.00 bits per heavy atom. The molecular weight excluding hydrogens is 537 g/mol. The van der Waals surface area contributed by atoms with Gasteiger partial charge in [-0.1, -0.05) is 70.0 Å². The zero-order valence-electron chi connectivity index (χ0n) is 15.5. The minimum Gasteiger partial charge on any atom is -0.254 e. The monoisotopic (exact) mass is 556 g/mol. The first-order valence-corrected chi connectivity index (χ1v) is 13.0. The average molecular weight is 558 g/mol. The SMILES string of the molecule is CCC(CC)(c1ccc(CSCc2ccc(Br)cc2)cc1Br)P(=O)(OF)OF. The molecule has 2 aromatic rings. The third-order valence-electron chi connectivity index (χ3n) is 4.86. The molecule has 0 aliphatic carbocycles. The van der Waals surface area contributed by atoms with Crippen LogP contribution in [0.3, 0.4) is 0 Å². The first-order valence-electron chi connectivity index (χ1n) is 8.67. The minimum absolute atomic E-state index is 0.185. The fourth-order valence-electron chi connectivity index (χ4n) is 3.20. The Labute approximate surface area is 185 Å². The Kier molecular flexibility index (Phi) is 9.17. The van der Waals surface area contributed by atoms with Gasteiger partial charge in [0.2, 0.25) is 0 Å². The largest absolute Gasteiger partial charge is 0.404 e. The van der Waals surface area contributed by atoms with Crippen molar-refractivity contribution in [2.75, 3.05) is 0 Å². The average Bonchev–Trinajstić information content (AvgIpc) is 2.71. The van der Waals surface area contributed by atoms with Gasteiger partial charge in [0.15, 0.2) is 0 Å². The maximum atomic E-state index is 13.0. The van der Waals surface area contributed by atoms with E-state index in [0.29, 0.717) is 10.0 Å². The molecule has 0 unspecified atom stereocenters. The molecule has 0 heterocycles. The zero-order chi connectivity index (χ0) is 20.8. The summed E-state index contributed by atoms with van der Waals surface area (Å²) in [6.45, 7) is 3.39. The van der Waals surface area contributed by atoms with Crippen molar-refractivity contribution < 1.29 is 23.1 Å². The van der Waals surface area contributed by atoms with E-state index in [2.05, 4.69) is 53.4 Å². The lowest BCUT2D eigenvalue weighted by molar-refractivity contribution is -0.0961. The number of hydrogen-bond donors (Lipinski definition) is 0. The van der Waals surface area contributed by atoms with E-state index in [4.69, 9.17) is 0 Å². The van der Waals surface area contributed by atoms with Gasteiger partial charge in [-0.05, 0) is 56.8 Å². The second kappa shape index (κ2) is 10.7. The zero-order valence-corrected chi connectivity index (χ0v) is 20.3. The maximum absolute atomic E-state index is 13.0. The molecule has 0 aliphatic heterocycles. The van der Waals surface area contributed by atoms with Crippen LogP contribution in [-0.4, -0.2) is 0 Å². The van der Waals surface area contributed by atoms with E-state index in [1.165, 1.54) is 5.56 Å². The van der Waals surface area contributed by atoms with Crippen LogP contribution in [0.1, 0.15) is 43.4 Å². The van der Waals surface area contributed by atoms with Crippen LogP contribution in [0.4, 0.5) is 9.05 Å². The molecule has 0 amide bonds. The highest BCUT2D eigenvalue weighted by Crippen LogP contribution is 2.69. The van der Waals surface area contributed by atoms with E-state index in [9.17, 15) is 13.6 Å². The van der Waals surface area contributed by atoms with Crippen molar-refractivity contribution in [2.45, 2.75) is 43.4 Å². The molecule has 0 bridgehead atoms. The quantitative estimate of drug-likeness (QED) is 0.274. The number of hydrogen-bond acceptors (Lipinski definition) is 4. The van der Waals surface area contributed by atoms with Gasteiger partial charge in [0.05, 0.1) is 0 Å². The van der Waals surface area contributed by atoms with Crippen LogP contribution in [0.5, 0.6) is 0 Å². The van der Waals surface area contributed by atoms with Gasteiger partial charge in [-0.15, -0.1) is 9.46 Å². The van der Waals surface area contributed by atoms with Gasteiger partial charge in [0, 0.05) is 20.5 Å². The lowest BCUT2D eigenvalue weighted by atomic mass is 9.92. The molecule has 0 spiro atoms. The Bertz CT molecular complexity index is 824. The summed E-state index contributed by atoms with van der Waals surface area (Å²) in [6, 6.07) is 13.6. The van der Waals surface area contributed by atoms with Gasteiger partial charge in [-0.2, -0.15) is 11.8 Å². The summed E-state index contributed by atoms with van der Waals surface area (Å²) < 4.78 is 47.3. The van der Waals surface area contributed by atoms with Crippen molar-refractivity contribution in [3.63, 3.8) is 0 Å². The van der Waals surface area contributed by atoms with Gasteiger partial charge in [0.25, 0.3) is 0 Å². The fraction of sp³-hybridized carbons (Fsp3) is 0.368. The molecular formula is C19H21Br2F2O3PS. The van der Waals surface area contributed by atoms with Crippen LogP contribution in [0.15, 0.2) is 51.4 Å². The molecule has 3 nitrogen and oxygen atoms in total. The summed E-state index contributed by atoms with van der Waals surface area (Å²) in [4.78, 5) is 0. The van der Waals surface area contributed by atoms with E-state index in [1.807, 2.05) is 24.3 Å². The molecule has 28 heavy (non-hydrogen) atoms. The molecule has 0 saturated carbocycles. The van der Waals surface area contributed by atoms with Crippen LogP contribution in [-0.2, 0) is 30.7 Å². The maximum Gasteiger partial charge on any atom is 0.404 e. The third kappa shape index (κ3) is 5.08. The Morgan fingerprint density at radius 2 is 1.50 bits per heavy atom. The second-order valence-electron chi connectivity index (χ2n) is 6.31. The highest BCUT2D eigenvalue weighted by Gasteiger charge is 2.53. The molecule has 0 N–H and O–H groups in total. The summed E-state index contributed by atoms with van der Waals surface area (Å²) in [5.74, 6) is 1.62. The molecule has 0 aliphatic rings. The predicted octanol–water partition coefficient (Wildman–Crippen LogP) is 8.66. The first kappa shape index (κ1) is 24.0. The molecule has 0 saturated heterocycles. The molecule has 0 fully saturated rings. The predicted molar refractivity (Wildman–Crippen MR) is 118 cm³/mol. The first-order chi connectivity index (χ1) is 13.4. The fourth-order valence-corrected chi connectivity index (χ4v) is 6.92. The van der Waals surface area contributed by atoms with Crippen molar-refractivity contribution in [3.8, 4) is 0 Å². The van der Waals surface area contributed by atoms with E-state index >= 15 is 0 Å². The van der Waals surface area contributed by atoms with Crippen LogP contribution < -0.4 is 0 Å².